The number of aliphatic hydroxyl groups is 1. The Morgan fingerprint density at radius 3 is 2.64 bits per heavy atom. The number of nitrogens with one attached hydrogen (secondary N) is 1. The Balaban J connectivity index is 1.92. The molecule has 2 atom stereocenters. The van der Waals surface area contributed by atoms with E-state index in [-0.39, 0.29) is 36.0 Å². The molecule has 1 fully saturated rings. The Bertz CT molecular complexity index is 656. The first kappa shape index (κ1) is 21.2. The van der Waals surface area contributed by atoms with Gasteiger partial charge in [-0.25, -0.2) is 0 Å². The predicted molar refractivity (Wildman–Crippen MR) is 108 cm³/mol. The van der Waals surface area contributed by atoms with Crippen LogP contribution in [0.1, 0.15) is 43.9 Å². The monoisotopic (exact) mass is 390 g/mol. The fourth-order valence-corrected chi connectivity index (χ4v) is 4.72. The fourth-order valence-electron chi connectivity index (χ4n) is 4.72. The summed E-state index contributed by atoms with van der Waals surface area (Å²) in [5.41, 5.74) is 2.36. The van der Waals surface area contributed by atoms with Crippen LogP contribution in [-0.4, -0.2) is 68.6 Å². The van der Waals surface area contributed by atoms with E-state index in [1.165, 1.54) is 11.1 Å². The molecular weight excluding hydrogens is 356 g/mol. The number of amides is 1. The van der Waals surface area contributed by atoms with E-state index in [0.29, 0.717) is 19.8 Å². The Morgan fingerprint density at radius 1 is 1.29 bits per heavy atom. The Kier molecular flexibility index (Phi) is 7.10. The van der Waals surface area contributed by atoms with Gasteiger partial charge in [-0.3, -0.25) is 4.79 Å². The first-order valence-corrected chi connectivity index (χ1v) is 10.4. The van der Waals surface area contributed by atoms with Crippen molar-refractivity contribution in [1.82, 2.24) is 10.2 Å². The molecule has 1 aromatic rings. The van der Waals surface area contributed by atoms with Gasteiger partial charge in [-0.15, -0.1) is 0 Å². The normalized spacial score (nSPS) is 23.9. The third-order valence-electron chi connectivity index (χ3n) is 6.25. The number of likely N-dealkylation sites (tertiary alicyclic amines) is 1. The largest absolute Gasteiger partial charge is 0.395 e. The van der Waals surface area contributed by atoms with Crippen molar-refractivity contribution in [1.29, 1.82) is 0 Å². The summed E-state index contributed by atoms with van der Waals surface area (Å²) in [5.74, 6) is -0.0235. The van der Waals surface area contributed by atoms with E-state index in [0.717, 1.165) is 25.9 Å². The minimum atomic E-state index is -0.146. The first-order valence-electron chi connectivity index (χ1n) is 10.4. The van der Waals surface area contributed by atoms with E-state index in [1.54, 1.807) is 7.11 Å². The van der Waals surface area contributed by atoms with Gasteiger partial charge in [0.1, 0.15) is 0 Å². The predicted octanol–water partition coefficient (Wildman–Crippen LogP) is 1.87. The zero-order valence-corrected chi connectivity index (χ0v) is 17.3. The van der Waals surface area contributed by atoms with Gasteiger partial charge in [0.25, 0.3) is 0 Å². The zero-order valence-electron chi connectivity index (χ0n) is 17.3. The van der Waals surface area contributed by atoms with Crippen LogP contribution in [0.4, 0.5) is 0 Å². The lowest BCUT2D eigenvalue weighted by atomic mass is 9.72. The summed E-state index contributed by atoms with van der Waals surface area (Å²) < 4.78 is 11.6. The van der Waals surface area contributed by atoms with Crippen LogP contribution < -0.4 is 5.32 Å². The summed E-state index contributed by atoms with van der Waals surface area (Å²) in [6, 6.07) is 8.30. The number of hydrogen-bond donors (Lipinski definition) is 2. The van der Waals surface area contributed by atoms with E-state index in [9.17, 15) is 9.90 Å². The van der Waals surface area contributed by atoms with Crippen LogP contribution in [0, 0.1) is 5.92 Å². The molecule has 0 radical (unpaired) electrons. The van der Waals surface area contributed by atoms with Crippen molar-refractivity contribution in [2.45, 2.75) is 44.2 Å². The van der Waals surface area contributed by atoms with Crippen molar-refractivity contribution in [3.05, 3.63) is 35.4 Å². The van der Waals surface area contributed by atoms with Gasteiger partial charge >= 0.3 is 0 Å². The van der Waals surface area contributed by atoms with Crippen LogP contribution in [0.3, 0.4) is 0 Å². The van der Waals surface area contributed by atoms with Crippen LogP contribution in [0.2, 0.25) is 0 Å². The van der Waals surface area contributed by atoms with Gasteiger partial charge in [0.15, 0.2) is 0 Å². The molecule has 6 heteroatoms. The van der Waals surface area contributed by atoms with Gasteiger partial charge in [-0.1, -0.05) is 38.1 Å². The molecular formula is C22H34N2O4. The van der Waals surface area contributed by atoms with Gasteiger partial charge in [-0.2, -0.15) is 0 Å². The average molecular weight is 391 g/mol. The minimum absolute atomic E-state index is 0.0508. The molecule has 156 valence electrons. The van der Waals surface area contributed by atoms with Crippen LogP contribution in [-0.2, 0) is 19.7 Å². The number of ether oxygens (including phenoxy) is 2. The summed E-state index contributed by atoms with van der Waals surface area (Å²) in [6.45, 7) is 7.61. The highest BCUT2D eigenvalue weighted by molar-refractivity contribution is 5.78. The number of aliphatic hydroxyl groups excluding tert-OH is 1. The fraction of sp³-hybridized carbons (Fsp3) is 0.682. The van der Waals surface area contributed by atoms with Gasteiger partial charge < -0.3 is 24.8 Å². The van der Waals surface area contributed by atoms with E-state index < -0.39 is 0 Å². The Labute approximate surface area is 168 Å². The number of carbonyl (C=O) groups excluding carboxylic acids is 1. The number of hydrogen-bond acceptors (Lipinski definition) is 5. The molecule has 0 aromatic heterocycles. The van der Waals surface area contributed by atoms with Crippen molar-refractivity contribution in [3.63, 3.8) is 0 Å². The number of rotatable bonds is 8. The third-order valence-corrected chi connectivity index (χ3v) is 6.25. The molecule has 1 aliphatic heterocycles. The lowest BCUT2D eigenvalue weighted by molar-refractivity contribution is -0.127. The Hall–Kier alpha value is -1.47. The smallest absolute Gasteiger partial charge is 0.223 e. The molecule has 0 unspecified atom stereocenters. The molecule has 1 aliphatic carbocycles. The molecule has 6 nitrogen and oxygen atoms in total. The summed E-state index contributed by atoms with van der Waals surface area (Å²) in [7, 11) is 1.67. The molecule has 1 aromatic carbocycles. The maximum Gasteiger partial charge on any atom is 0.223 e. The number of carbonyl (C=O) groups is 1. The van der Waals surface area contributed by atoms with Crippen molar-refractivity contribution in [2.75, 3.05) is 46.6 Å². The maximum atomic E-state index is 12.6. The quantitative estimate of drug-likeness (QED) is 0.663. The van der Waals surface area contributed by atoms with Crippen molar-refractivity contribution in [2.24, 2.45) is 5.92 Å². The highest BCUT2D eigenvalue weighted by atomic mass is 16.5. The highest BCUT2D eigenvalue weighted by Crippen LogP contribution is 2.52. The number of β-amino-alcohol motifs (C(OH)–C–C–N with tert-alkyl or cyclic N) is 1. The van der Waals surface area contributed by atoms with Crippen molar-refractivity contribution < 1.29 is 19.4 Å². The third kappa shape index (κ3) is 4.10. The number of methoxy groups -OCH3 is 1. The van der Waals surface area contributed by atoms with Gasteiger partial charge in [-0.05, 0) is 37.1 Å². The summed E-state index contributed by atoms with van der Waals surface area (Å²) >= 11 is 0. The van der Waals surface area contributed by atoms with Gasteiger partial charge in [0.05, 0.1) is 32.0 Å². The molecule has 2 aliphatic rings. The van der Waals surface area contributed by atoms with E-state index in [4.69, 9.17) is 9.47 Å². The van der Waals surface area contributed by atoms with Gasteiger partial charge in [0.2, 0.25) is 5.91 Å². The lowest BCUT2D eigenvalue weighted by Gasteiger charge is -2.44. The highest BCUT2D eigenvalue weighted by Gasteiger charge is 2.54. The van der Waals surface area contributed by atoms with E-state index in [1.807, 2.05) is 19.9 Å². The SMILES string of the molecule is COCCO[C@@H]1[C@@H](NC(=O)C(C)C)c2ccccc2C12CCN(CCO)CC2. The molecule has 1 heterocycles. The zero-order chi connectivity index (χ0) is 20.1. The molecule has 1 saturated heterocycles. The molecule has 28 heavy (non-hydrogen) atoms. The summed E-state index contributed by atoms with van der Waals surface area (Å²) in [5, 5.41) is 12.6. The topological polar surface area (TPSA) is 71.0 Å². The van der Waals surface area contributed by atoms with E-state index >= 15 is 0 Å². The van der Waals surface area contributed by atoms with Crippen LogP contribution in [0.15, 0.2) is 24.3 Å². The number of piperidine rings is 1. The maximum absolute atomic E-state index is 12.6. The minimum Gasteiger partial charge on any atom is -0.395 e. The van der Waals surface area contributed by atoms with Crippen LogP contribution in [0.5, 0.6) is 0 Å². The van der Waals surface area contributed by atoms with E-state index in [2.05, 4.69) is 28.4 Å². The van der Waals surface area contributed by atoms with Crippen molar-refractivity contribution >= 4 is 5.91 Å². The number of fused-ring (bicyclic) bond motifs is 2. The second-order valence-electron chi connectivity index (χ2n) is 8.23. The lowest BCUT2D eigenvalue weighted by Crippen LogP contribution is -2.51. The molecule has 0 saturated carbocycles. The summed E-state index contributed by atoms with van der Waals surface area (Å²) in [4.78, 5) is 14.9. The standard InChI is InChI=1S/C22H34N2O4/c1-16(2)21(26)23-19-17-6-4-5-7-18(17)22(20(19)28-15-14-27-3)8-10-24(11-9-22)12-13-25/h4-7,16,19-20,25H,8-15H2,1-3H3,(H,23,26)/t19-,20+/m0/s1. The number of benzene rings is 1. The van der Waals surface area contributed by atoms with Gasteiger partial charge in [0, 0.05) is 25.0 Å². The molecule has 1 amide bonds. The molecule has 1 spiro atoms. The first-order chi connectivity index (χ1) is 13.5. The summed E-state index contributed by atoms with van der Waals surface area (Å²) in [6.07, 6.45) is 1.80. The second-order valence-corrected chi connectivity index (χ2v) is 8.23. The molecule has 3 rings (SSSR count). The molecule has 2 N–H and O–H groups in total. The van der Waals surface area contributed by atoms with Crippen LogP contribution >= 0.6 is 0 Å². The molecule has 0 bridgehead atoms. The second kappa shape index (κ2) is 9.35. The Morgan fingerprint density at radius 2 is 2.00 bits per heavy atom. The number of nitrogens with zero attached hydrogens (tertiary/aromatic N) is 1. The van der Waals surface area contributed by atoms with Crippen LogP contribution in [0.25, 0.3) is 0 Å². The van der Waals surface area contributed by atoms with Crippen molar-refractivity contribution in [3.8, 4) is 0 Å². The average Bonchev–Trinajstić information content (AvgIpc) is 2.94.